The Kier molecular flexibility index (Phi) is 8.79. The molecule has 0 unspecified atom stereocenters. The normalized spacial score (nSPS) is 11.6. The Morgan fingerprint density at radius 3 is 2.54 bits per heavy atom. The minimum absolute atomic E-state index is 0.207. The maximum atomic E-state index is 7.56. The van der Waals surface area contributed by atoms with E-state index < -0.39 is 0 Å². The number of nitrogens with one attached hydrogen (secondary N) is 3. The van der Waals surface area contributed by atoms with Crippen LogP contribution in [0.5, 0.6) is 5.75 Å². The quantitative estimate of drug-likeness (QED) is 0.238. The predicted molar refractivity (Wildman–Crippen MR) is 144 cm³/mol. The number of hydrogen-bond donors (Lipinski definition) is 3. The highest BCUT2D eigenvalue weighted by molar-refractivity contribution is 6.08. The van der Waals surface area contributed by atoms with E-state index in [4.69, 9.17) is 19.6 Å². The fraction of sp³-hybridized carbons (Fsp3) is 0.259. The maximum Gasteiger partial charge on any atom is 0.145 e. The Hall–Kier alpha value is -4.28. The minimum atomic E-state index is -0.207. The number of aromatic nitrogens is 4. The van der Waals surface area contributed by atoms with Gasteiger partial charge in [-0.05, 0) is 17.2 Å². The molecule has 0 amide bonds. The molecule has 0 saturated carbocycles. The molecule has 0 atom stereocenters. The molecule has 0 radical (unpaired) electrons. The number of methoxy groups -OCH3 is 2. The predicted octanol–water partition coefficient (Wildman–Crippen LogP) is 3.65. The van der Waals surface area contributed by atoms with Gasteiger partial charge in [0.1, 0.15) is 29.6 Å². The van der Waals surface area contributed by atoms with Crippen molar-refractivity contribution in [2.24, 2.45) is 0 Å². The number of hydrogen-bond acceptors (Lipinski definition) is 9. The summed E-state index contributed by atoms with van der Waals surface area (Å²) < 4.78 is 18.4. The van der Waals surface area contributed by atoms with E-state index in [-0.39, 0.29) is 6.10 Å². The molecule has 10 heteroatoms. The smallest absolute Gasteiger partial charge is 0.145 e. The Morgan fingerprint density at radius 2 is 1.84 bits per heavy atom. The molecule has 0 bridgehead atoms. The zero-order chi connectivity index (χ0) is 26.0. The van der Waals surface area contributed by atoms with Crippen LogP contribution in [-0.4, -0.2) is 66.2 Å². The lowest BCUT2D eigenvalue weighted by atomic mass is 10.1. The molecular formula is C27H31N7O3. The molecular weight excluding hydrogens is 470 g/mol. The van der Waals surface area contributed by atoms with Gasteiger partial charge in [0.2, 0.25) is 0 Å². The van der Waals surface area contributed by atoms with E-state index in [0.717, 1.165) is 33.7 Å². The van der Waals surface area contributed by atoms with Crippen molar-refractivity contribution in [2.45, 2.75) is 12.6 Å². The summed E-state index contributed by atoms with van der Waals surface area (Å²) in [6.45, 7) is 1.46. The molecule has 1 aromatic carbocycles. The molecule has 0 aliphatic rings. The maximum absolute atomic E-state index is 7.56. The second-order valence-electron chi connectivity index (χ2n) is 8.26. The average molecular weight is 502 g/mol. The van der Waals surface area contributed by atoms with Gasteiger partial charge in [0, 0.05) is 64.1 Å². The van der Waals surface area contributed by atoms with Gasteiger partial charge in [-0.2, -0.15) is 0 Å². The second-order valence-corrected chi connectivity index (χ2v) is 8.26. The highest BCUT2D eigenvalue weighted by Gasteiger charge is 2.13. The summed E-state index contributed by atoms with van der Waals surface area (Å²) in [4.78, 5) is 13.4. The SMILES string of the molecule is CN/C=C(\C=N)c1ccc(CNc2cc(-c3cnc4cc(OC(COC)COC)ccn34)ncn2)cc1. The van der Waals surface area contributed by atoms with Crippen molar-refractivity contribution < 1.29 is 14.2 Å². The first-order valence-electron chi connectivity index (χ1n) is 11.8. The molecule has 3 aromatic heterocycles. The van der Waals surface area contributed by atoms with E-state index in [0.29, 0.717) is 31.3 Å². The van der Waals surface area contributed by atoms with Crippen molar-refractivity contribution in [3.63, 3.8) is 0 Å². The third-order valence-corrected chi connectivity index (χ3v) is 5.64. The second kappa shape index (κ2) is 12.6. The summed E-state index contributed by atoms with van der Waals surface area (Å²) in [5, 5.41) is 13.9. The molecule has 4 rings (SSSR count). The molecule has 0 spiro atoms. The zero-order valence-corrected chi connectivity index (χ0v) is 21.1. The van der Waals surface area contributed by atoms with E-state index in [1.807, 2.05) is 60.1 Å². The van der Waals surface area contributed by atoms with Gasteiger partial charge in [0.05, 0.1) is 30.8 Å². The van der Waals surface area contributed by atoms with E-state index in [2.05, 4.69) is 25.6 Å². The van der Waals surface area contributed by atoms with Gasteiger partial charge >= 0.3 is 0 Å². The lowest BCUT2D eigenvalue weighted by Gasteiger charge is -2.17. The van der Waals surface area contributed by atoms with Crippen molar-refractivity contribution in [1.82, 2.24) is 24.7 Å². The molecule has 37 heavy (non-hydrogen) atoms. The van der Waals surface area contributed by atoms with Crippen molar-refractivity contribution in [2.75, 3.05) is 39.8 Å². The van der Waals surface area contributed by atoms with E-state index in [1.165, 1.54) is 12.5 Å². The van der Waals surface area contributed by atoms with Crippen LogP contribution in [0.15, 0.2) is 67.4 Å². The van der Waals surface area contributed by atoms with Crippen LogP contribution in [0.4, 0.5) is 5.82 Å². The van der Waals surface area contributed by atoms with Crippen molar-refractivity contribution in [1.29, 1.82) is 5.41 Å². The number of fused-ring (bicyclic) bond motifs is 1. The van der Waals surface area contributed by atoms with Gasteiger partial charge in [-0.15, -0.1) is 0 Å². The lowest BCUT2D eigenvalue weighted by Crippen LogP contribution is -2.27. The molecule has 3 N–H and O–H groups in total. The molecule has 3 heterocycles. The number of ether oxygens (including phenoxy) is 3. The van der Waals surface area contributed by atoms with Crippen LogP contribution in [0, 0.1) is 5.41 Å². The van der Waals surface area contributed by atoms with Crippen LogP contribution in [0.1, 0.15) is 11.1 Å². The van der Waals surface area contributed by atoms with Gasteiger partial charge in [0.15, 0.2) is 0 Å². The van der Waals surface area contributed by atoms with Gasteiger partial charge < -0.3 is 30.3 Å². The average Bonchev–Trinajstić information content (AvgIpc) is 3.35. The van der Waals surface area contributed by atoms with Crippen molar-refractivity contribution >= 4 is 23.3 Å². The minimum Gasteiger partial charge on any atom is -0.485 e. The molecule has 10 nitrogen and oxygen atoms in total. The molecule has 4 aromatic rings. The summed E-state index contributed by atoms with van der Waals surface area (Å²) >= 11 is 0. The number of allylic oxidation sites excluding steroid dienone is 1. The van der Waals surface area contributed by atoms with Crippen LogP contribution in [0.3, 0.4) is 0 Å². The fourth-order valence-electron chi connectivity index (χ4n) is 3.87. The first-order chi connectivity index (χ1) is 18.1. The molecule has 0 fully saturated rings. The van der Waals surface area contributed by atoms with Crippen LogP contribution in [0.2, 0.25) is 0 Å². The van der Waals surface area contributed by atoms with Gasteiger partial charge in [0.25, 0.3) is 0 Å². The molecule has 0 aliphatic heterocycles. The first kappa shape index (κ1) is 25.8. The van der Waals surface area contributed by atoms with Crippen LogP contribution >= 0.6 is 0 Å². The summed E-state index contributed by atoms with van der Waals surface area (Å²) in [5.41, 5.74) is 5.23. The molecule has 0 saturated heterocycles. The highest BCUT2D eigenvalue weighted by atomic mass is 16.6. The number of anilines is 1. The van der Waals surface area contributed by atoms with E-state index in [9.17, 15) is 0 Å². The number of nitrogens with zero attached hydrogens (tertiary/aromatic N) is 4. The Bertz CT molecular complexity index is 1350. The topological polar surface area (TPSA) is 119 Å². The van der Waals surface area contributed by atoms with E-state index in [1.54, 1.807) is 26.6 Å². The van der Waals surface area contributed by atoms with Crippen molar-refractivity contribution in [3.05, 3.63) is 78.5 Å². The van der Waals surface area contributed by atoms with Crippen LogP contribution < -0.4 is 15.4 Å². The van der Waals surface area contributed by atoms with Gasteiger partial charge in [-0.25, -0.2) is 15.0 Å². The fourth-order valence-corrected chi connectivity index (χ4v) is 3.87. The van der Waals surface area contributed by atoms with E-state index >= 15 is 0 Å². The largest absolute Gasteiger partial charge is 0.485 e. The van der Waals surface area contributed by atoms with Crippen molar-refractivity contribution in [3.8, 4) is 17.1 Å². The lowest BCUT2D eigenvalue weighted by molar-refractivity contribution is 0.0245. The van der Waals surface area contributed by atoms with Crippen LogP contribution in [-0.2, 0) is 16.0 Å². The summed E-state index contributed by atoms with van der Waals surface area (Å²) in [7, 11) is 5.09. The molecule has 192 valence electrons. The highest BCUT2D eigenvalue weighted by Crippen LogP contribution is 2.24. The Morgan fingerprint density at radius 1 is 1.05 bits per heavy atom. The van der Waals surface area contributed by atoms with Crippen LogP contribution in [0.25, 0.3) is 22.6 Å². The Balaban J connectivity index is 1.46. The Labute approximate surface area is 215 Å². The summed E-state index contributed by atoms with van der Waals surface area (Å²) in [5.74, 6) is 1.40. The van der Waals surface area contributed by atoms with Gasteiger partial charge in [-0.3, -0.25) is 4.40 Å². The first-order valence-corrected chi connectivity index (χ1v) is 11.8. The third-order valence-electron chi connectivity index (χ3n) is 5.64. The summed E-state index contributed by atoms with van der Waals surface area (Å²) in [6, 6.07) is 13.7. The number of benzene rings is 1. The molecule has 0 aliphatic carbocycles. The zero-order valence-electron chi connectivity index (χ0n) is 21.1. The monoisotopic (exact) mass is 501 g/mol. The summed E-state index contributed by atoms with van der Waals surface area (Å²) in [6.07, 6.45) is 8.16. The third kappa shape index (κ3) is 6.49. The number of rotatable bonds is 13. The number of imidazole rings is 1. The number of pyridine rings is 1. The van der Waals surface area contributed by atoms with Gasteiger partial charge in [-0.1, -0.05) is 24.3 Å². The standard InChI is InChI=1S/C27H31N7O3/c1-29-14-21(12-28)20-6-4-19(5-7-20)13-30-26-11-24(32-18-33-26)25-15-31-27-10-22(8-9-34(25)27)37-23(16-35-2)17-36-3/h4-12,14-15,18,23,28-29H,13,16-17H2,1-3H3,(H,30,32,33)/b21-14+,28-12?.